The second kappa shape index (κ2) is 5.31. The van der Waals surface area contributed by atoms with E-state index >= 15 is 0 Å². The molecule has 2 rings (SSSR count). The van der Waals surface area contributed by atoms with Crippen molar-refractivity contribution in [1.29, 1.82) is 0 Å². The van der Waals surface area contributed by atoms with Gasteiger partial charge in [0.25, 0.3) is 0 Å². The van der Waals surface area contributed by atoms with E-state index in [1.54, 1.807) is 0 Å². The van der Waals surface area contributed by atoms with Gasteiger partial charge in [-0.3, -0.25) is 4.79 Å². The van der Waals surface area contributed by atoms with Crippen molar-refractivity contribution < 1.29 is 18.0 Å². The number of hydrogen-bond acceptors (Lipinski definition) is 2. The summed E-state index contributed by atoms with van der Waals surface area (Å²) in [6.45, 7) is 3.60. The van der Waals surface area contributed by atoms with E-state index in [9.17, 15) is 18.0 Å². The van der Waals surface area contributed by atoms with Gasteiger partial charge in [-0.25, -0.2) is 0 Å². The molecule has 2 heterocycles. The molecule has 2 aliphatic rings. The van der Waals surface area contributed by atoms with Crippen molar-refractivity contribution in [3.63, 3.8) is 0 Å². The van der Waals surface area contributed by atoms with Gasteiger partial charge in [-0.15, -0.1) is 0 Å². The summed E-state index contributed by atoms with van der Waals surface area (Å²) in [4.78, 5) is 13.9. The van der Waals surface area contributed by atoms with Gasteiger partial charge in [-0.1, -0.05) is 0 Å². The molecule has 2 unspecified atom stereocenters. The quantitative estimate of drug-likeness (QED) is 0.797. The van der Waals surface area contributed by atoms with Crippen molar-refractivity contribution in [2.24, 2.45) is 11.3 Å². The van der Waals surface area contributed by atoms with Crippen LogP contribution >= 0.6 is 0 Å². The van der Waals surface area contributed by atoms with Gasteiger partial charge in [0, 0.05) is 19.6 Å². The maximum Gasteiger partial charge on any atom is 0.393 e. The van der Waals surface area contributed by atoms with Crippen LogP contribution in [0.3, 0.4) is 0 Å². The van der Waals surface area contributed by atoms with E-state index < -0.39 is 17.5 Å². The molecule has 2 aliphatic heterocycles. The molecule has 0 aliphatic carbocycles. The highest BCUT2D eigenvalue weighted by molar-refractivity contribution is 5.82. The molecule has 1 N–H and O–H groups in total. The molecule has 0 saturated carbocycles. The minimum Gasteiger partial charge on any atom is -0.342 e. The lowest BCUT2D eigenvalue weighted by atomic mass is 9.80. The summed E-state index contributed by atoms with van der Waals surface area (Å²) in [7, 11) is 0. The highest BCUT2D eigenvalue weighted by Crippen LogP contribution is 2.35. The van der Waals surface area contributed by atoms with Crippen molar-refractivity contribution in [3.8, 4) is 0 Å². The van der Waals surface area contributed by atoms with Crippen LogP contribution in [0.4, 0.5) is 13.2 Å². The molecule has 19 heavy (non-hydrogen) atoms. The average molecular weight is 278 g/mol. The molecular formula is C13H21F3N2O. The first-order valence-corrected chi connectivity index (χ1v) is 6.90. The number of rotatable bonds is 1. The van der Waals surface area contributed by atoms with Crippen LogP contribution in [-0.2, 0) is 4.79 Å². The molecule has 0 aromatic heterocycles. The second-order valence-electron chi connectivity index (χ2n) is 5.97. The van der Waals surface area contributed by atoms with Crippen LogP contribution in [0.5, 0.6) is 0 Å². The fourth-order valence-corrected chi connectivity index (χ4v) is 3.05. The van der Waals surface area contributed by atoms with Crippen LogP contribution < -0.4 is 5.32 Å². The number of piperidine rings is 2. The molecule has 2 saturated heterocycles. The topological polar surface area (TPSA) is 32.3 Å². The maximum absolute atomic E-state index is 12.8. The predicted molar refractivity (Wildman–Crippen MR) is 65.6 cm³/mol. The van der Waals surface area contributed by atoms with Gasteiger partial charge in [0.05, 0.1) is 11.3 Å². The van der Waals surface area contributed by atoms with Gasteiger partial charge in [0.15, 0.2) is 0 Å². The van der Waals surface area contributed by atoms with Gasteiger partial charge in [-0.05, 0) is 39.2 Å². The van der Waals surface area contributed by atoms with Crippen molar-refractivity contribution in [2.75, 3.05) is 26.2 Å². The minimum absolute atomic E-state index is 0.117. The van der Waals surface area contributed by atoms with E-state index in [0.29, 0.717) is 19.5 Å². The number of alkyl halides is 3. The Hall–Kier alpha value is -0.780. The first kappa shape index (κ1) is 14.6. The molecule has 0 aromatic carbocycles. The first-order valence-electron chi connectivity index (χ1n) is 6.90. The van der Waals surface area contributed by atoms with Crippen molar-refractivity contribution in [3.05, 3.63) is 0 Å². The van der Waals surface area contributed by atoms with E-state index in [4.69, 9.17) is 0 Å². The zero-order chi connectivity index (χ0) is 14.1. The fraction of sp³-hybridized carbons (Fsp3) is 0.923. The number of likely N-dealkylation sites (tertiary alicyclic amines) is 1. The van der Waals surface area contributed by atoms with E-state index in [0.717, 1.165) is 19.4 Å². The van der Waals surface area contributed by atoms with Crippen LogP contribution in [-0.4, -0.2) is 43.2 Å². The van der Waals surface area contributed by atoms with Crippen LogP contribution in [0, 0.1) is 11.3 Å². The second-order valence-corrected chi connectivity index (χ2v) is 5.97. The summed E-state index contributed by atoms with van der Waals surface area (Å²) in [5, 5.41) is 3.17. The summed E-state index contributed by atoms with van der Waals surface area (Å²) < 4.78 is 38.3. The molecule has 0 radical (unpaired) electrons. The van der Waals surface area contributed by atoms with Crippen molar-refractivity contribution in [1.82, 2.24) is 10.2 Å². The Labute approximate surface area is 111 Å². The number of nitrogens with zero attached hydrogens (tertiary/aromatic N) is 1. The van der Waals surface area contributed by atoms with Gasteiger partial charge in [-0.2, -0.15) is 13.2 Å². The van der Waals surface area contributed by atoms with Crippen LogP contribution in [0.25, 0.3) is 0 Å². The van der Waals surface area contributed by atoms with E-state index in [-0.39, 0.29) is 18.9 Å². The Balaban J connectivity index is 2.02. The predicted octanol–water partition coefficient (Wildman–Crippen LogP) is 2.18. The Kier molecular flexibility index (Phi) is 4.08. The van der Waals surface area contributed by atoms with Gasteiger partial charge >= 0.3 is 6.18 Å². The summed E-state index contributed by atoms with van der Waals surface area (Å²) in [5.41, 5.74) is -0.536. The third-order valence-electron chi connectivity index (χ3n) is 4.29. The first-order chi connectivity index (χ1) is 8.83. The number of carbonyl (C=O) groups excluding carboxylic acids is 1. The van der Waals surface area contributed by atoms with Crippen LogP contribution in [0.15, 0.2) is 0 Å². The number of amides is 1. The molecule has 0 bridgehead atoms. The Bertz CT molecular complexity index is 337. The summed E-state index contributed by atoms with van der Waals surface area (Å²) in [6, 6.07) is 0. The van der Waals surface area contributed by atoms with Gasteiger partial charge < -0.3 is 10.2 Å². The van der Waals surface area contributed by atoms with E-state index in [1.165, 1.54) is 4.90 Å². The average Bonchev–Trinajstić information content (AvgIpc) is 2.38. The van der Waals surface area contributed by atoms with Crippen LogP contribution in [0.2, 0.25) is 0 Å². The molecule has 0 aromatic rings. The third-order valence-corrected chi connectivity index (χ3v) is 4.29. The maximum atomic E-state index is 12.8. The number of hydrogen-bond donors (Lipinski definition) is 1. The molecule has 2 fully saturated rings. The number of carbonyl (C=O) groups is 1. The molecule has 3 nitrogen and oxygen atoms in total. The number of nitrogens with one attached hydrogen (secondary N) is 1. The van der Waals surface area contributed by atoms with E-state index in [2.05, 4.69) is 5.32 Å². The van der Waals surface area contributed by atoms with E-state index in [1.807, 2.05) is 6.92 Å². The highest BCUT2D eigenvalue weighted by atomic mass is 19.4. The Morgan fingerprint density at radius 3 is 2.68 bits per heavy atom. The molecule has 6 heteroatoms. The zero-order valence-corrected chi connectivity index (χ0v) is 11.2. The van der Waals surface area contributed by atoms with Crippen molar-refractivity contribution >= 4 is 5.91 Å². The molecule has 110 valence electrons. The molecule has 0 spiro atoms. The normalized spacial score (nSPS) is 33.3. The number of halogens is 3. The Morgan fingerprint density at radius 2 is 2.11 bits per heavy atom. The fourth-order valence-electron chi connectivity index (χ4n) is 3.05. The third kappa shape index (κ3) is 3.22. The SMILES string of the molecule is CC1(C(=O)N2CCCC(C(F)(F)F)C2)CCCNC1. The largest absolute Gasteiger partial charge is 0.393 e. The lowest BCUT2D eigenvalue weighted by Crippen LogP contribution is -2.53. The summed E-state index contributed by atoms with van der Waals surface area (Å²) in [5.74, 6) is -1.47. The lowest BCUT2D eigenvalue weighted by molar-refractivity contribution is -0.189. The van der Waals surface area contributed by atoms with Gasteiger partial charge in [0.1, 0.15) is 0 Å². The molecule has 2 atom stereocenters. The molecule has 1 amide bonds. The summed E-state index contributed by atoms with van der Waals surface area (Å²) in [6.07, 6.45) is -1.95. The standard InChI is InChI=1S/C13H21F3N2O/c1-12(5-3-6-17-9-12)11(19)18-7-2-4-10(8-18)13(14,15)16/h10,17H,2-9H2,1H3. The zero-order valence-electron chi connectivity index (χ0n) is 11.2. The smallest absolute Gasteiger partial charge is 0.342 e. The lowest BCUT2D eigenvalue weighted by Gasteiger charge is -2.41. The van der Waals surface area contributed by atoms with Crippen molar-refractivity contribution in [2.45, 2.75) is 38.8 Å². The summed E-state index contributed by atoms with van der Waals surface area (Å²) >= 11 is 0. The van der Waals surface area contributed by atoms with Gasteiger partial charge in [0.2, 0.25) is 5.91 Å². The molecular weight excluding hydrogens is 257 g/mol. The van der Waals surface area contributed by atoms with Crippen LogP contribution in [0.1, 0.15) is 32.6 Å². The Morgan fingerprint density at radius 1 is 1.37 bits per heavy atom. The minimum atomic E-state index is -4.19. The highest BCUT2D eigenvalue weighted by Gasteiger charge is 2.45. The monoisotopic (exact) mass is 278 g/mol.